The van der Waals surface area contributed by atoms with Crippen LogP contribution in [-0.2, 0) is 11.2 Å². The predicted molar refractivity (Wildman–Crippen MR) is 88.8 cm³/mol. The van der Waals surface area contributed by atoms with Crippen molar-refractivity contribution in [1.82, 2.24) is 16.0 Å². The van der Waals surface area contributed by atoms with Crippen molar-refractivity contribution in [2.75, 3.05) is 7.11 Å². The summed E-state index contributed by atoms with van der Waals surface area (Å²) in [4.78, 5) is 24.1. The van der Waals surface area contributed by atoms with Crippen LogP contribution in [0.3, 0.4) is 0 Å². The van der Waals surface area contributed by atoms with E-state index < -0.39 is 11.9 Å². The number of nitrogens with two attached hydrogens (primary N) is 1. The third kappa shape index (κ3) is 2.92. The zero-order chi connectivity index (χ0) is 17.3. The van der Waals surface area contributed by atoms with Gasteiger partial charge in [0, 0.05) is 0 Å². The topological polar surface area (TPSA) is 105 Å². The maximum absolute atomic E-state index is 12.6. The molecule has 0 spiro atoms. The van der Waals surface area contributed by atoms with Crippen molar-refractivity contribution in [2.24, 2.45) is 5.73 Å². The Morgan fingerprint density at radius 3 is 2.96 bits per heavy atom. The lowest BCUT2D eigenvalue weighted by atomic mass is 9.87. The molecule has 0 aromatic heterocycles. The molecule has 0 radical (unpaired) electrons. The van der Waals surface area contributed by atoms with E-state index in [2.05, 4.69) is 22.5 Å². The van der Waals surface area contributed by atoms with Crippen molar-refractivity contribution in [2.45, 2.75) is 25.3 Å². The molecule has 0 saturated carbocycles. The highest BCUT2D eigenvalue weighted by atomic mass is 16.5. The second kappa shape index (κ2) is 6.27. The van der Waals surface area contributed by atoms with Crippen LogP contribution in [0.5, 0.6) is 5.75 Å². The van der Waals surface area contributed by atoms with Crippen molar-refractivity contribution >= 4 is 11.9 Å². The van der Waals surface area contributed by atoms with Gasteiger partial charge in [0.2, 0.25) is 0 Å². The number of rotatable bonds is 3. The van der Waals surface area contributed by atoms with Gasteiger partial charge in [-0.2, -0.15) is 0 Å². The Balaban J connectivity index is 1.85. The lowest BCUT2D eigenvalue weighted by Gasteiger charge is -2.28. The lowest BCUT2D eigenvalue weighted by Crippen LogP contribution is -2.47. The van der Waals surface area contributed by atoms with Gasteiger partial charge >= 0.3 is 6.03 Å². The third-order valence-electron chi connectivity index (χ3n) is 4.30. The molecule has 3 rings (SSSR count). The van der Waals surface area contributed by atoms with Gasteiger partial charge in [-0.1, -0.05) is 12.6 Å². The molecule has 24 heavy (non-hydrogen) atoms. The minimum Gasteiger partial charge on any atom is -0.497 e. The summed E-state index contributed by atoms with van der Waals surface area (Å²) < 4.78 is 5.28. The van der Waals surface area contributed by atoms with Crippen LogP contribution in [0.25, 0.3) is 0 Å². The second-order valence-electron chi connectivity index (χ2n) is 5.83. The second-order valence-corrected chi connectivity index (χ2v) is 5.83. The largest absolute Gasteiger partial charge is 0.497 e. The zero-order valence-corrected chi connectivity index (χ0v) is 13.4. The first-order valence-corrected chi connectivity index (χ1v) is 7.74. The highest BCUT2D eigenvalue weighted by molar-refractivity contribution is 6.00. The molecule has 1 aromatic carbocycles. The van der Waals surface area contributed by atoms with Crippen LogP contribution >= 0.6 is 0 Å². The summed E-state index contributed by atoms with van der Waals surface area (Å²) in [6, 6.07) is 5.20. The molecule has 1 aliphatic heterocycles. The smallest absolute Gasteiger partial charge is 0.323 e. The zero-order valence-electron chi connectivity index (χ0n) is 13.4. The summed E-state index contributed by atoms with van der Waals surface area (Å²) in [7, 11) is 1.61. The predicted octanol–water partition coefficient (Wildman–Crippen LogP) is 1.19. The van der Waals surface area contributed by atoms with E-state index in [1.807, 2.05) is 18.2 Å². The van der Waals surface area contributed by atoms with Gasteiger partial charge in [0.15, 0.2) is 0 Å². The number of nitrogens with one attached hydrogen (secondary N) is 3. The number of benzene rings is 1. The summed E-state index contributed by atoms with van der Waals surface area (Å²) in [5, 5.41) is 7.82. The van der Waals surface area contributed by atoms with E-state index in [4.69, 9.17) is 10.5 Å². The number of amides is 3. The van der Waals surface area contributed by atoms with Crippen molar-refractivity contribution in [3.05, 3.63) is 53.0 Å². The molecule has 0 fully saturated rings. The van der Waals surface area contributed by atoms with E-state index in [1.54, 1.807) is 7.11 Å². The van der Waals surface area contributed by atoms with E-state index in [0.29, 0.717) is 0 Å². The van der Waals surface area contributed by atoms with E-state index in [0.717, 1.165) is 30.6 Å². The number of fused-ring (bicyclic) bond motifs is 1. The molecule has 126 valence electrons. The minimum absolute atomic E-state index is 0.0266. The molecule has 2 aliphatic rings. The average molecular weight is 328 g/mol. The SMILES string of the molecule is C=C1NC(=O)NC(C(=O)NC2CCCc3ccc(OC)cc32)=C1N. The number of methoxy groups -OCH3 is 1. The molecule has 7 heteroatoms. The Kier molecular flexibility index (Phi) is 4.16. The highest BCUT2D eigenvalue weighted by Crippen LogP contribution is 2.32. The monoisotopic (exact) mass is 328 g/mol. The quantitative estimate of drug-likeness (QED) is 0.669. The fraction of sp³-hybridized carbons (Fsp3) is 0.294. The van der Waals surface area contributed by atoms with Gasteiger partial charge in [-0.05, 0) is 42.5 Å². The Morgan fingerprint density at radius 2 is 2.21 bits per heavy atom. The number of hydrogen-bond acceptors (Lipinski definition) is 4. The maximum Gasteiger partial charge on any atom is 0.323 e. The molecule has 0 saturated heterocycles. The number of urea groups is 1. The molecule has 1 unspecified atom stereocenters. The molecule has 1 atom stereocenters. The molecule has 3 amide bonds. The molecular formula is C17H20N4O3. The fourth-order valence-electron chi connectivity index (χ4n) is 3.03. The lowest BCUT2D eigenvalue weighted by molar-refractivity contribution is -0.118. The summed E-state index contributed by atoms with van der Waals surface area (Å²) in [5.41, 5.74) is 8.45. The minimum atomic E-state index is -0.523. The molecule has 1 aromatic rings. The van der Waals surface area contributed by atoms with E-state index in [1.165, 1.54) is 5.56 Å². The van der Waals surface area contributed by atoms with Crippen LogP contribution in [-0.4, -0.2) is 19.0 Å². The first kappa shape index (κ1) is 15.9. The number of carbonyl (C=O) groups is 2. The highest BCUT2D eigenvalue weighted by Gasteiger charge is 2.28. The summed E-state index contributed by atoms with van der Waals surface area (Å²) in [6.07, 6.45) is 2.75. The van der Waals surface area contributed by atoms with Crippen LogP contribution in [0.2, 0.25) is 0 Å². The number of ether oxygens (including phenoxy) is 1. The van der Waals surface area contributed by atoms with Crippen LogP contribution in [0.15, 0.2) is 41.9 Å². The molecule has 7 nitrogen and oxygen atoms in total. The fourth-order valence-corrected chi connectivity index (χ4v) is 3.03. The van der Waals surface area contributed by atoms with Crippen molar-refractivity contribution in [3.8, 4) is 5.75 Å². The Bertz CT molecular complexity index is 754. The average Bonchev–Trinajstić information content (AvgIpc) is 2.57. The van der Waals surface area contributed by atoms with Gasteiger partial charge in [0.25, 0.3) is 5.91 Å². The van der Waals surface area contributed by atoms with Gasteiger partial charge in [-0.3, -0.25) is 4.79 Å². The molecule has 5 N–H and O–H groups in total. The van der Waals surface area contributed by atoms with E-state index >= 15 is 0 Å². The first-order valence-electron chi connectivity index (χ1n) is 7.74. The molecule has 1 heterocycles. The summed E-state index contributed by atoms with van der Waals surface area (Å²) >= 11 is 0. The number of hydrogen-bond donors (Lipinski definition) is 4. The van der Waals surface area contributed by atoms with Crippen LogP contribution < -0.4 is 26.4 Å². The standard InChI is InChI=1S/C17H20N4O3/c1-9-14(18)15(21-17(23)19-9)16(22)20-13-5-3-4-10-6-7-11(24-2)8-12(10)13/h6-8,13H,1,3-5,18H2,2H3,(H,20,22)(H2,19,21,23). The molecule has 1 aliphatic carbocycles. The van der Waals surface area contributed by atoms with Crippen LogP contribution in [0.1, 0.15) is 30.0 Å². The summed E-state index contributed by atoms with van der Waals surface area (Å²) in [5.74, 6) is 0.321. The van der Waals surface area contributed by atoms with Gasteiger partial charge in [-0.15, -0.1) is 0 Å². The third-order valence-corrected chi connectivity index (χ3v) is 4.30. The van der Waals surface area contributed by atoms with Gasteiger partial charge in [-0.25, -0.2) is 4.79 Å². The Hall–Kier alpha value is -2.96. The summed E-state index contributed by atoms with van der Waals surface area (Å²) in [6.45, 7) is 3.63. The number of carbonyl (C=O) groups excluding carboxylic acids is 2. The van der Waals surface area contributed by atoms with Crippen molar-refractivity contribution in [3.63, 3.8) is 0 Å². The Morgan fingerprint density at radius 1 is 1.42 bits per heavy atom. The number of aryl methyl sites for hydroxylation is 1. The van der Waals surface area contributed by atoms with Gasteiger partial charge < -0.3 is 26.4 Å². The molecule has 0 bridgehead atoms. The van der Waals surface area contributed by atoms with Crippen molar-refractivity contribution in [1.29, 1.82) is 0 Å². The van der Waals surface area contributed by atoms with Gasteiger partial charge in [0.1, 0.15) is 11.4 Å². The van der Waals surface area contributed by atoms with Crippen LogP contribution in [0, 0.1) is 0 Å². The van der Waals surface area contributed by atoms with E-state index in [9.17, 15) is 9.59 Å². The van der Waals surface area contributed by atoms with Gasteiger partial charge in [0.05, 0.1) is 24.5 Å². The van der Waals surface area contributed by atoms with Crippen LogP contribution in [0.4, 0.5) is 4.79 Å². The first-order chi connectivity index (χ1) is 11.5. The normalized spacial score (nSPS) is 20.0. The maximum atomic E-state index is 12.6. The van der Waals surface area contributed by atoms with E-state index in [-0.39, 0.29) is 23.1 Å². The molecular weight excluding hydrogens is 308 g/mol. The Labute approximate surface area is 139 Å². The van der Waals surface area contributed by atoms with Crippen molar-refractivity contribution < 1.29 is 14.3 Å².